The van der Waals surface area contributed by atoms with E-state index in [0.29, 0.717) is 18.4 Å². The molecule has 18 heavy (non-hydrogen) atoms. The molecule has 1 aromatic rings. The summed E-state index contributed by atoms with van der Waals surface area (Å²) in [5.41, 5.74) is 7.33. The monoisotopic (exact) mass is 248 g/mol. The Bertz CT molecular complexity index is 381. The molecule has 0 amide bonds. The van der Waals surface area contributed by atoms with Crippen LogP contribution in [0.25, 0.3) is 0 Å². The summed E-state index contributed by atoms with van der Waals surface area (Å²) in [6.07, 6.45) is 2.56. The van der Waals surface area contributed by atoms with Crippen molar-refractivity contribution in [3.8, 4) is 5.75 Å². The molecule has 2 N–H and O–H groups in total. The number of ether oxygens (including phenoxy) is 1. The van der Waals surface area contributed by atoms with Crippen LogP contribution in [0.2, 0.25) is 0 Å². The van der Waals surface area contributed by atoms with Crippen molar-refractivity contribution in [1.82, 2.24) is 4.90 Å². The van der Waals surface area contributed by atoms with E-state index in [1.54, 1.807) is 7.11 Å². The molecule has 1 aromatic carbocycles. The Morgan fingerprint density at radius 1 is 1.50 bits per heavy atom. The molecule has 2 rings (SSSR count). The molecule has 1 aliphatic heterocycles. The predicted molar refractivity (Wildman–Crippen MR) is 75.0 cm³/mol. The molecular formula is C15H24N2O. The maximum Gasteiger partial charge on any atom is 0.119 e. The first kappa shape index (κ1) is 13.4. The largest absolute Gasteiger partial charge is 0.497 e. The number of nitrogens with two attached hydrogens (primary N) is 1. The Morgan fingerprint density at radius 2 is 2.33 bits per heavy atom. The number of piperidine rings is 1. The van der Waals surface area contributed by atoms with Gasteiger partial charge in [-0.3, -0.25) is 0 Å². The van der Waals surface area contributed by atoms with Crippen molar-refractivity contribution >= 4 is 0 Å². The molecule has 1 aliphatic rings. The molecule has 2 unspecified atom stereocenters. The molecule has 100 valence electrons. The SMILES string of the molecule is COc1cccc(C(CN)C2CCCN(C)C2)c1. The third-order valence-electron chi connectivity index (χ3n) is 4.01. The van der Waals surface area contributed by atoms with E-state index in [9.17, 15) is 0 Å². The van der Waals surface area contributed by atoms with Gasteiger partial charge >= 0.3 is 0 Å². The Kier molecular flexibility index (Phi) is 4.61. The van der Waals surface area contributed by atoms with Crippen LogP contribution in [-0.2, 0) is 0 Å². The lowest BCUT2D eigenvalue weighted by Crippen LogP contribution is -2.37. The van der Waals surface area contributed by atoms with E-state index in [2.05, 4.69) is 30.1 Å². The standard InChI is InChI=1S/C15H24N2O/c1-17-8-4-6-13(11-17)15(10-16)12-5-3-7-14(9-12)18-2/h3,5,7,9,13,15H,4,6,8,10-11,16H2,1-2H3. The number of likely N-dealkylation sites (tertiary alicyclic amines) is 1. The van der Waals surface area contributed by atoms with Crippen molar-refractivity contribution in [1.29, 1.82) is 0 Å². The lowest BCUT2D eigenvalue weighted by atomic mass is 9.81. The average Bonchev–Trinajstić information content (AvgIpc) is 2.40. The molecule has 0 radical (unpaired) electrons. The molecule has 3 heteroatoms. The smallest absolute Gasteiger partial charge is 0.119 e. The fraction of sp³-hybridized carbons (Fsp3) is 0.600. The van der Waals surface area contributed by atoms with Crippen LogP contribution in [-0.4, -0.2) is 38.7 Å². The number of methoxy groups -OCH3 is 1. The molecule has 0 aromatic heterocycles. The van der Waals surface area contributed by atoms with Gasteiger partial charge in [0.25, 0.3) is 0 Å². The quantitative estimate of drug-likeness (QED) is 0.886. The van der Waals surface area contributed by atoms with Crippen LogP contribution in [0.4, 0.5) is 0 Å². The van der Waals surface area contributed by atoms with Gasteiger partial charge in [0.15, 0.2) is 0 Å². The van der Waals surface area contributed by atoms with Gasteiger partial charge in [0, 0.05) is 12.5 Å². The van der Waals surface area contributed by atoms with Gasteiger partial charge in [-0.15, -0.1) is 0 Å². The van der Waals surface area contributed by atoms with Gasteiger partial charge in [0.1, 0.15) is 5.75 Å². The minimum atomic E-state index is 0.447. The molecule has 0 saturated carbocycles. The van der Waals surface area contributed by atoms with Crippen LogP contribution >= 0.6 is 0 Å². The second-order valence-corrected chi connectivity index (χ2v) is 5.28. The van der Waals surface area contributed by atoms with Crippen LogP contribution in [0, 0.1) is 5.92 Å². The number of rotatable bonds is 4. The second kappa shape index (κ2) is 6.21. The van der Waals surface area contributed by atoms with E-state index >= 15 is 0 Å². The Morgan fingerprint density at radius 3 is 3.00 bits per heavy atom. The Balaban J connectivity index is 2.16. The van der Waals surface area contributed by atoms with Crippen molar-refractivity contribution in [3.63, 3.8) is 0 Å². The minimum absolute atomic E-state index is 0.447. The summed E-state index contributed by atoms with van der Waals surface area (Å²) in [5, 5.41) is 0. The van der Waals surface area contributed by atoms with E-state index in [1.807, 2.05) is 6.07 Å². The maximum atomic E-state index is 6.01. The zero-order chi connectivity index (χ0) is 13.0. The normalized spacial score (nSPS) is 22.7. The van der Waals surface area contributed by atoms with E-state index in [0.717, 1.165) is 12.3 Å². The first-order chi connectivity index (χ1) is 8.74. The molecule has 3 nitrogen and oxygen atoms in total. The van der Waals surface area contributed by atoms with E-state index < -0.39 is 0 Å². The van der Waals surface area contributed by atoms with Gasteiger partial charge < -0.3 is 15.4 Å². The fourth-order valence-electron chi connectivity index (χ4n) is 3.01. The first-order valence-electron chi connectivity index (χ1n) is 6.77. The van der Waals surface area contributed by atoms with Crippen molar-refractivity contribution in [2.45, 2.75) is 18.8 Å². The van der Waals surface area contributed by atoms with Crippen LogP contribution in [0.3, 0.4) is 0 Å². The van der Waals surface area contributed by atoms with Crippen molar-refractivity contribution in [3.05, 3.63) is 29.8 Å². The van der Waals surface area contributed by atoms with Gasteiger partial charge in [-0.2, -0.15) is 0 Å². The third kappa shape index (κ3) is 3.03. The topological polar surface area (TPSA) is 38.5 Å². The molecule has 2 atom stereocenters. The zero-order valence-electron chi connectivity index (χ0n) is 11.4. The average molecular weight is 248 g/mol. The highest BCUT2D eigenvalue weighted by Crippen LogP contribution is 2.32. The van der Waals surface area contributed by atoms with Crippen molar-refractivity contribution in [2.24, 2.45) is 11.7 Å². The summed E-state index contributed by atoms with van der Waals surface area (Å²) in [6.45, 7) is 3.08. The van der Waals surface area contributed by atoms with Gasteiger partial charge in [-0.05, 0) is 56.6 Å². The minimum Gasteiger partial charge on any atom is -0.497 e. The highest BCUT2D eigenvalue weighted by Gasteiger charge is 2.26. The van der Waals surface area contributed by atoms with E-state index in [-0.39, 0.29) is 0 Å². The summed E-state index contributed by atoms with van der Waals surface area (Å²) in [5.74, 6) is 2.04. The third-order valence-corrected chi connectivity index (χ3v) is 4.01. The van der Waals surface area contributed by atoms with Crippen LogP contribution in [0.15, 0.2) is 24.3 Å². The van der Waals surface area contributed by atoms with Crippen molar-refractivity contribution < 1.29 is 4.74 Å². The number of hydrogen-bond donors (Lipinski definition) is 1. The van der Waals surface area contributed by atoms with Gasteiger partial charge in [-0.25, -0.2) is 0 Å². The molecule has 0 bridgehead atoms. The highest BCUT2D eigenvalue weighted by molar-refractivity contribution is 5.31. The Labute approximate surface area is 110 Å². The lowest BCUT2D eigenvalue weighted by molar-refractivity contribution is 0.188. The summed E-state index contributed by atoms with van der Waals surface area (Å²) in [4.78, 5) is 2.41. The number of nitrogens with zero attached hydrogens (tertiary/aromatic N) is 1. The molecule has 0 aliphatic carbocycles. The molecule has 1 heterocycles. The molecule has 0 spiro atoms. The highest BCUT2D eigenvalue weighted by atomic mass is 16.5. The number of hydrogen-bond acceptors (Lipinski definition) is 3. The van der Waals surface area contributed by atoms with Gasteiger partial charge in [0.05, 0.1) is 7.11 Å². The predicted octanol–water partition coefficient (Wildman–Crippen LogP) is 2.08. The zero-order valence-corrected chi connectivity index (χ0v) is 11.4. The van der Waals surface area contributed by atoms with Crippen LogP contribution in [0.5, 0.6) is 5.75 Å². The number of benzene rings is 1. The first-order valence-corrected chi connectivity index (χ1v) is 6.77. The van der Waals surface area contributed by atoms with Gasteiger partial charge in [-0.1, -0.05) is 12.1 Å². The fourth-order valence-corrected chi connectivity index (χ4v) is 3.01. The summed E-state index contributed by atoms with van der Waals surface area (Å²) in [6, 6.07) is 8.36. The van der Waals surface area contributed by atoms with Crippen LogP contribution < -0.4 is 10.5 Å². The van der Waals surface area contributed by atoms with E-state index in [4.69, 9.17) is 10.5 Å². The molecule has 1 fully saturated rings. The summed E-state index contributed by atoms with van der Waals surface area (Å²) < 4.78 is 5.31. The maximum absolute atomic E-state index is 6.01. The Hall–Kier alpha value is -1.06. The molecular weight excluding hydrogens is 224 g/mol. The molecule has 1 saturated heterocycles. The van der Waals surface area contributed by atoms with Crippen molar-refractivity contribution in [2.75, 3.05) is 33.8 Å². The second-order valence-electron chi connectivity index (χ2n) is 5.28. The summed E-state index contributed by atoms with van der Waals surface area (Å²) >= 11 is 0. The van der Waals surface area contributed by atoms with Gasteiger partial charge in [0.2, 0.25) is 0 Å². The lowest BCUT2D eigenvalue weighted by Gasteiger charge is -2.35. The van der Waals surface area contributed by atoms with E-state index in [1.165, 1.54) is 24.9 Å². The van der Waals surface area contributed by atoms with Crippen LogP contribution in [0.1, 0.15) is 24.3 Å². The summed E-state index contributed by atoms with van der Waals surface area (Å²) in [7, 11) is 3.91.